The first-order valence-corrected chi connectivity index (χ1v) is 9.98. The van der Waals surface area contributed by atoms with Crippen LogP contribution in [0.4, 0.5) is 4.39 Å². The van der Waals surface area contributed by atoms with Gasteiger partial charge in [0.1, 0.15) is 23.0 Å². The van der Waals surface area contributed by atoms with E-state index in [0.29, 0.717) is 11.3 Å². The molecule has 0 bridgehead atoms. The SMILES string of the molecule is COc1cc(-c2nnn(Cc3ccc(F)cn3)n2)ccc1S(=O)(=O)CCCO. The Kier molecular flexibility index (Phi) is 5.95. The molecule has 2 aromatic heterocycles. The fourth-order valence-corrected chi connectivity index (χ4v) is 3.95. The highest BCUT2D eigenvalue weighted by atomic mass is 32.2. The van der Waals surface area contributed by atoms with Crippen molar-refractivity contribution < 1.29 is 22.7 Å². The van der Waals surface area contributed by atoms with Crippen molar-refractivity contribution in [2.24, 2.45) is 0 Å². The first kappa shape index (κ1) is 19.8. The van der Waals surface area contributed by atoms with E-state index in [1.165, 1.54) is 36.2 Å². The third kappa shape index (κ3) is 4.49. The Morgan fingerprint density at radius 2 is 2.07 bits per heavy atom. The van der Waals surface area contributed by atoms with Crippen molar-refractivity contribution in [3.63, 3.8) is 0 Å². The van der Waals surface area contributed by atoms with E-state index in [-0.39, 0.29) is 41.8 Å². The topological polar surface area (TPSA) is 120 Å². The smallest absolute Gasteiger partial charge is 0.205 e. The molecule has 0 fully saturated rings. The van der Waals surface area contributed by atoms with Crippen LogP contribution < -0.4 is 4.74 Å². The zero-order chi connectivity index (χ0) is 20.1. The number of hydrogen-bond donors (Lipinski definition) is 1. The van der Waals surface area contributed by atoms with Gasteiger partial charge in [-0.3, -0.25) is 4.98 Å². The number of tetrazole rings is 1. The summed E-state index contributed by atoms with van der Waals surface area (Å²) in [5, 5.41) is 21.0. The van der Waals surface area contributed by atoms with Crippen LogP contribution in [0.5, 0.6) is 5.75 Å². The zero-order valence-electron chi connectivity index (χ0n) is 15.0. The summed E-state index contributed by atoms with van der Waals surface area (Å²) in [7, 11) is -2.22. The second-order valence-corrected chi connectivity index (χ2v) is 7.95. The molecule has 0 aliphatic rings. The van der Waals surface area contributed by atoms with Gasteiger partial charge in [0.2, 0.25) is 5.82 Å². The first-order chi connectivity index (χ1) is 13.4. The molecule has 0 unspecified atom stereocenters. The highest BCUT2D eigenvalue weighted by Crippen LogP contribution is 2.29. The van der Waals surface area contributed by atoms with Gasteiger partial charge in [0.05, 0.1) is 24.8 Å². The molecule has 3 aromatic rings. The van der Waals surface area contributed by atoms with Crippen molar-refractivity contribution in [1.82, 2.24) is 25.2 Å². The van der Waals surface area contributed by atoms with Crippen LogP contribution in [0.1, 0.15) is 12.1 Å². The van der Waals surface area contributed by atoms with Gasteiger partial charge in [-0.1, -0.05) is 0 Å². The Bertz CT molecular complexity index is 1050. The fourth-order valence-electron chi connectivity index (χ4n) is 2.50. The second kappa shape index (κ2) is 8.40. The van der Waals surface area contributed by atoms with Crippen LogP contribution in [0.3, 0.4) is 0 Å². The fraction of sp³-hybridized carbons (Fsp3) is 0.294. The van der Waals surface area contributed by atoms with Gasteiger partial charge in [-0.25, -0.2) is 12.8 Å². The number of rotatable bonds is 8. The zero-order valence-corrected chi connectivity index (χ0v) is 15.8. The summed E-state index contributed by atoms with van der Waals surface area (Å²) in [6, 6.07) is 7.31. The van der Waals surface area contributed by atoms with Crippen molar-refractivity contribution in [1.29, 1.82) is 0 Å². The lowest BCUT2D eigenvalue weighted by Gasteiger charge is -2.10. The van der Waals surface area contributed by atoms with E-state index in [0.717, 1.165) is 6.20 Å². The standard InChI is InChI=1S/C17H18FN5O4S/c1-27-15-9-12(3-6-16(15)28(25,26)8-2-7-24)17-20-22-23(21-17)11-14-5-4-13(18)10-19-14/h3-6,9-10,24H,2,7-8,11H2,1H3. The Morgan fingerprint density at radius 3 is 2.75 bits per heavy atom. The predicted molar refractivity (Wildman–Crippen MR) is 96.9 cm³/mol. The third-order valence-electron chi connectivity index (χ3n) is 3.87. The van der Waals surface area contributed by atoms with Crippen LogP contribution in [0.25, 0.3) is 11.4 Å². The normalized spacial score (nSPS) is 11.5. The summed E-state index contributed by atoms with van der Waals surface area (Å²) in [5.74, 6) is -0.179. The maximum atomic E-state index is 12.9. The molecule has 11 heteroatoms. The molecule has 9 nitrogen and oxygen atoms in total. The number of methoxy groups -OCH3 is 1. The van der Waals surface area contributed by atoms with Crippen LogP contribution in [0, 0.1) is 5.82 Å². The molecule has 0 radical (unpaired) electrons. The minimum Gasteiger partial charge on any atom is -0.495 e. The van der Waals surface area contributed by atoms with Gasteiger partial charge in [-0.05, 0) is 42.0 Å². The van der Waals surface area contributed by atoms with Crippen molar-refractivity contribution in [2.45, 2.75) is 17.9 Å². The lowest BCUT2D eigenvalue weighted by molar-refractivity contribution is 0.295. The van der Waals surface area contributed by atoms with Crippen LogP contribution in [0.15, 0.2) is 41.4 Å². The number of aromatic nitrogens is 5. The van der Waals surface area contributed by atoms with Gasteiger partial charge in [0.25, 0.3) is 0 Å². The number of hydrogen-bond acceptors (Lipinski definition) is 8. The minimum atomic E-state index is -3.59. The first-order valence-electron chi connectivity index (χ1n) is 8.33. The quantitative estimate of drug-likeness (QED) is 0.589. The van der Waals surface area contributed by atoms with Gasteiger partial charge < -0.3 is 9.84 Å². The lowest BCUT2D eigenvalue weighted by atomic mass is 10.2. The molecule has 0 aliphatic carbocycles. The van der Waals surface area contributed by atoms with Crippen LogP contribution in [-0.2, 0) is 16.4 Å². The van der Waals surface area contributed by atoms with Gasteiger partial charge in [-0.2, -0.15) is 4.80 Å². The average Bonchev–Trinajstić information content (AvgIpc) is 3.16. The molecule has 1 aromatic carbocycles. The highest BCUT2D eigenvalue weighted by Gasteiger charge is 2.20. The number of nitrogens with zero attached hydrogens (tertiary/aromatic N) is 5. The minimum absolute atomic E-state index is 0.0371. The molecule has 1 N–H and O–H groups in total. The number of benzene rings is 1. The summed E-state index contributed by atoms with van der Waals surface area (Å²) >= 11 is 0. The van der Waals surface area contributed by atoms with Crippen molar-refractivity contribution in [3.05, 3.63) is 48.0 Å². The van der Waals surface area contributed by atoms with Crippen molar-refractivity contribution >= 4 is 9.84 Å². The van der Waals surface area contributed by atoms with E-state index >= 15 is 0 Å². The van der Waals surface area contributed by atoms with E-state index in [9.17, 15) is 12.8 Å². The summed E-state index contributed by atoms with van der Waals surface area (Å²) in [5.41, 5.74) is 1.09. The van der Waals surface area contributed by atoms with Gasteiger partial charge in [0.15, 0.2) is 9.84 Å². The third-order valence-corrected chi connectivity index (χ3v) is 5.71. The average molecular weight is 407 g/mol. The number of ether oxygens (including phenoxy) is 1. The largest absolute Gasteiger partial charge is 0.495 e. The molecule has 3 rings (SSSR count). The Labute approximate surface area is 160 Å². The monoisotopic (exact) mass is 407 g/mol. The Hall–Kier alpha value is -2.92. The van der Waals surface area contributed by atoms with Crippen LogP contribution >= 0.6 is 0 Å². The van der Waals surface area contributed by atoms with E-state index < -0.39 is 15.7 Å². The van der Waals surface area contributed by atoms with Crippen molar-refractivity contribution in [2.75, 3.05) is 19.5 Å². The van der Waals surface area contributed by atoms with E-state index in [1.807, 2.05) is 0 Å². The molecule has 148 valence electrons. The molecule has 0 atom stereocenters. The van der Waals surface area contributed by atoms with Crippen LogP contribution in [-0.4, -0.2) is 58.2 Å². The van der Waals surface area contributed by atoms with E-state index in [1.54, 1.807) is 6.07 Å². The summed E-state index contributed by atoms with van der Waals surface area (Å²) in [6.45, 7) is -0.00635. The van der Waals surface area contributed by atoms with Gasteiger partial charge in [-0.15, -0.1) is 10.2 Å². The molecule has 0 saturated carbocycles. The number of sulfone groups is 1. The van der Waals surface area contributed by atoms with Gasteiger partial charge >= 0.3 is 0 Å². The molecule has 0 saturated heterocycles. The van der Waals surface area contributed by atoms with E-state index in [2.05, 4.69) is 20.4 Å². The second-order valence-electron chi connectivity index (χ2n) is 5.87. The maximum absolute atomic E-state index is 12.9. The Morgan fingerprint density at radius 1 is 1.25 bits per heavy atom. The predicted octanol–water partition coefficient (Wildman–Crippen LogP) is 1.09. The summed E-state index contributed by atoms with van der Waals surface area (Å²) < 4.78 is 42.9. The van der Waals surface area contributed by atoms with Crippen molar-refractivity contribution in [3.8, 4) is 17.1 Å². The summed E-state index contributed by atoms with van der Waals surface area (Å²) in [4.78, 5) is 5.27. The number of pyridine rings is 1. The molecule has 0 aliphatic heterocycles. The molecule has 0 spiro atoms. The molecular formula is C17H18FN5O4S. The van der Waals surface area contributed by atoms with Crippen LogP contribution in [0.2, 0.25) is 0 Å². The molecular weight excluding hydrogens is 389 g/mol. The molecule has 2 heterocycles. The highest BCUT2D eigenvalue weighted by molar-refractivity contribution is 7.91. The van der Waals surface area contributed by atoms with E-state index in [4.69, 9.17) is 9.84 Å². The molecule has 28 heavy (non-hydrogen) atoms. The molecule has 0 amide bonds. The Balaban J connectivity index is 1.84. The maximum Gasteiger partial charge on any atom is 0.205 e. The summed E-state index contributed by atoms with van der Waals surface area (Å²) in [6.07, 6.45) is 1.24. The lowest BCUT2D eigenvalue weighted by Crippen LogP contribution is -2.10. The number of halogens is 1. The number of aliphatic hydroxyl groups excluding tert-OH is 1. The van der Waals surface area contributed by atoms with Gasteiger partial charge in [0, 0.05) is 12.2 Å². The number of aliphatic hydroxyl groups is 1.